The van der Waals surface area contributed by atoms with Crippen molar-refractivity contribution in [2.75, 3.05) is 16.8 Å². The SMILES string of the molecule is O=C1CN(C(=O)N[C@H](Cc2ccccc2)C(=O)NC2CCCCC2)c2ccccc2N1. The number of hydrogen-bond donors (Lipinski definition) is 3. The van der Waals surface area contributed by atoms with Crippen LogP contribution >= 0.6 is 0 Å². The second kappa shape index (κ2) is 9.64. The average molecular weight is 421 g/mol. The van der Waals surface area contributed by atoms with Crippen LogP contribution in [0.25, 0.3) is 0 Å². The summed E-state index contributed by atoms with van der Waals surface area (Å²) in [6.45, 7) is -0.0921. The summed E-state index contributed by atoms with van der Waals surface area (Å²) in [7, 11) is 0. The largest absolute Gasteiger partial charge is 0.352 e. The predicted molar refractivity (Wildman–Crippen MR) is 120 cm³/mol. The van der Waals surface area contributed by atoms with Gasteiger partial charge in [-0.25, -0.2) is 4.79 Å². The molecule has 4 rings (SSSR count). The van der Waals surface area contributed by atoms with E-state index < -0.39 is 12.1 Å². The minimum Gasteiger partial charge on any atom is -0.352 e. The van der Waals surface area contributed by atoms with E-state index in [4.69, 9.17) is 0 Å². The summed E-state index contributed by atoms with van der Waals surface area (Å²) in [5.41, 5.74) is 2.16. The third-order valence-corrected chi connectivity index (χ3v) is 5.86. The van der Waals surface area contributed by atoms with Crippen molar-refractivity contribution in [2.45, 2.75) is 50.6 Å². The Balaban J connectivity index is 1.51. The Labute approximate surface area is 182 Å². The molecule has 0 radical (unpaired) electrons. The van der Waals surface area contributed by atoms with E-state index in [1.54, 1.807) is 18.2 Å². The van der Waals surface area contributed by atoms with Gasteiger partial charge in [-0.2, -0.15) is 0 Å². The average Bonchev–Trinajstić information content (AvgIpc) is 2.79. The molecule has 1 saturated carbocycles. The fraction of sp³-hybridized carbons (Fsp3) is 0.375. The highest BCUT2D eigenvalue weighted by atomic mass is 16.2. The van der Waals surface area contributed by atoms with Crippen LogP contribution in [-0.4, -0.2) is 36.5 Å². The molecule has 0 saturated heterocycles. The second-order valence-electron chi connectivity index (χ2n) is 8.19. The molecule has 7 heteroatoms. The Hall–Kier alpha value is -3.35. The summed E-state index contributed by atoms with van der Waals surface area (Å²) >= 11 is 0. The molecule has 7 nitrogen and oxygen atoms in total. The van der Waals surface area contributed by atoms with E-state index in [9.17, 15) is 14.4 Å². The molecule has 3 N–H and O–H groups in total. The molecule has 31 heavy (non-hydrogen) atoms. The second-order valence-corrected chi connectivity index (χ2v) is 8.19. The topological polar surface area (TPSA) is 90.5 Å². The minimum atomic E-state index is -0.728. The first-order chi connectivity index (χ1) is 15.1. The number of hydrogen-bond acceptors (Lipinski definition) is 3. The molecule has 2 aromatic rings. The van der Waals surface area contributed by atoms with Gasteiger partial charge in [-0.3, -0.25) is 14.5 Å². The van der Waals surface area contributed by atoms with Crippen molar-refractivity contribution < 1.29 is 14.4 Å². The number of rotatable bonds is 5. The van der Waals surface area contributed by atoms with E-state index in [0.29, 0.717) is 17.8 Å². The summed E-state index contributed by atoms with van der Waals surface area (Å²) in [5.74, 6) is -0.445. The molecule has 162 valence electrons. The zero-order valence-corrected chi connectivity index (χ0v) is 17.5. The zero-order valence-electron chi connectivity index (χ0n) is 17.5. The molecule has 0 aromatic heterocycles. The molecule has 2 aliphatic rings. The summed E-state index contributed by atoms with van der Waals surface area (Å²) in [4.78, 5) is 39.8. The van der Waals surface area contributed by atoms with E-state index >= 15 is 0 Å². The van der Waals surface area contributed by atoms with Gasteiger partial charge in [0.15, 0.2) is 0 Å². The van der Waals surface area contributed by atoms with Gasteiger partial charge in [0.2, 0.25) is 11.8 Å². The summed E-state index contributed by atoms with van der Waals surface area (Å²) in [6.07, 6.45) is 5.75. The molecular weight excluding hydrogens is 392 g/mol. The minimum absolute atomic E-state index is 0.0921. The van der Waals surface area contributed by atoms with Crippen LogP contribution in [0.5, 0.6) is 0 Å². The van der Waals surface area contributed by atoms with Gasteiger partial charge in [0.05, 0.1) is 11.4 Å². The number of para-hydroxylation sites is 2. The van der Waals surface area contributed by atoms with E-state index in [-0.39, 0.29) is 24.4 Å². The van der Waals surface area contributed by atoms with Gasteiger partial charge in [-0.15, -0.1) is 0 Å². The third kappa shape index (κ3) is 5.23. The maximum Gasteiger partial charge on any atom is 0.323 e. The first-order valence-electron chi connectivity index (χ1n) is 10.9. The van der Waals surface area contributed by atoms with E-state index in [1.807, 2.05) is 36.4 Å². The Morgan fingerprint density at radius 1 is 1.00 bits per heavy atom. The standard InChI is InChI=1S/C24H28N4O3/c29-22-16-28(21-14-8-7-13-19(21)26-22)24(31)27-20(15-17-9-3-1-4-10-17)23(30)25-18-11-5-2-6-12-18/h1,3-4,7-10,13-14,18,20H,2,5-6,11-12,15-16H2,(H,25,30)(H,26,29)(H,27,31)/t20-/m1/s1. The van der Waals surface area contributed by atoms with Gasteiger partial charge in [-0.05, 0) is 30.5 Å². The maximum atomic E-state index is 13.2. The third-order valence-electron chi connectivity index (χ3n) is 5.86. The monoisotopic (exact) mass is 420 g/mol. The number of benzene rings is 2. The number of fused-ring (bicyclic) bond motifs is 1. The summed E-state index contributed by atoms with van der Waals surface area (Å²) in [6, 6.07) is 15.7. The molecular formula is C24H28N4O3. The Kier molecular flexibility index (Phi) is 6.50. The van der Waals surface area contributed by atoms with Crippen molar-refractivity contribution >= 4 is 29.2 Å². The quantitative estimate of drug-likeness (QED) is 0.694. The predicted octanol–water partition coefficient (Wildman–Crippen LogP) is 3.21. The number of carbonyl (C=O) groups excluding carboxylic acids is 3. The van der Waals surface area contributed by atoms with Crippen molar-refractivity contribution in [3.63, 3.8) is 0 Å². The van der Waals surface area contributed by atoms with Crippen molar-refractivity contribution in [1.82, 2.24) is 10.6 Å². The lowest BCUT2D eigenvalue weighted by molar-refractivity contribution is -0.123. The van der Waals surface area contributed by atoms with Crippen LogP contribution < -0.4 is 20.9 Å². The number of carbonyl (C=O) groups is 3. The Bertz CT molecular complexity index is 941. The van der Waals surface area contributed by atoms with Gasteiger partial charge in [0, 0.05) is 12.5 Å². The molecule has 2 aromatic carbocycles. The normalized spacial score (nSPS) is 17.3. The highest BCUT2D eigenvalue weighted by Crippen LogP contribution is 2.29. The Morgan fingerprint density at radius 2 is 1.71 bits per heavy atom. The molecule has 0 unspecified atom stereocenters. The lowest BCUT2D eigenvalue weighted by Crippen LogP contribution is -2.55. The fourth-order valence-corrected chi connectivity index (χ4v) is 4.25. The van der Waals surface area contributed by atoms with Crippen LogP contribution in [0.15, 0.2) is 54.6 Å². The molecule has 1 fully saturated rings. The van der Waals surface area contributed by atoms with Crippen molar-refractivity contribution in [3.05, 3.63) is 60.2 Å². The number of anilines is 2. The molecule has 1 heterocycles. The summed E-state index contributed by atoms with van der Waals surface area (Å²) < 4.78 is 0. The first kappa shape index (κ1) is 20.9. The number of nitrogens with one attached hydrogen (secondary N) is 3. The smallest absolute Gasteiger partial charge is 0.323 e. The lowest BCUT2D eigenvalue weighted by Gasteiger charge is -2.31. The van der Waals surface area contributed by atoms with Gasteiger partial charge in [0.1, 0.15) is 12.6 Å². The van der Waals surface area contributed by atoms with Crippen LogP contribution in [0.1, 0.15) is 37.7 Å². The maximum absolute atomic E-state index is 13.2. The molecule has 1 aliphatic heterocycles. The molecule has 0 bridgehead atoms. The zero-order chi connectivity index (χ0) is 21.6. The van der Waals surface area contributed by atoms with Crippen molar-refractivity contribution in [1.29, 1.82) is 0 Å². The lowest BCUT2D eigenvalue weighted by atomic mass is 9.95. The summed E-state index contributed by atoms with van der Waals surface area (Å²) in [5, 5.41) is 8.78. The highest BCUT2D eigenvalue weighted by molar-refractivity contribution is 6.10. The van der Waals surface area contributed by atoms with Crippen LogP contribution in [0.4, 0.5) is 16.2 Å². The van der Waals surface area contributed by atoms with Gasteiger partial charge >= 0.3 is 6.03 Å². The molecule has 1 aliphatic carbocycles. The molecule has 4 amide bonds. The first-order valence-corrected chi connectivity index (χ1v) is 10.9. The number of amides is 4. The van der Waals surface area contributed by atoms with Crippen LogP contribution in [0.3, 0.4) is 0 Å². The van der Waals surface area contributed by atoms with E-state index in [0.717, 1.165) is 31.2 Å². The fourth-order valence-electron chi connectivity index (χ4n) is 4.25. The van der Waals surface area contributed by atoms with Crippen molar-refractivity contribution in [3.8, 4) is 0 Å². The van der Waals surface area contributed by atoms with Gasteiger partial charge < -0.3 is 16.0 Å². The van der Waals surface area contributed by atoms with Gasteiger partial charge in [-0.1, -0.05) is 61.7 Å². The molecule has 0 spiro atoms. The van der Waals surface area contributed by atoms with Crippen LogP contribution in [0, 0.1) is 0 Å². The van der Waals surface area contributed by atoms with Crippen LogP contribution in [-0.2, 0) is 16.0 Å². The number of nitrogens with zero attached hydrogens (tertiary/aromatic N) is 1. The highest BCUT2D eigenvalue weighted by Gasteiger charge is 2.30. The van der Waals surface area contributed by atoms with Crippen molar-refractivity contribution in [2.24, 2.45) is 0 Å². The van der Waals surface area contributed by atoms with E-state index in [2.05, 4.69) is 16.0 Å². The van der Waals surface area contributed by atoms with Crippen LogP contribution in [0.2, 0.25) is 0 Å². The van der Waals surface area contributed by atoms with Gasteiger partial charge in [0.25, 0.3) is 0 Å². The molecule has 1 atom stereocenters. The van der Waals surface area contributed by atoms with E-state index in [1.165, 1.54) is 11.3 Å². The Morgan fingerprint density at radius 3 is 2.48 bits per heavy atom. The number of urea groups is 1.